The molecule has 2 atom stereocenters. The molecule has 1 aromatic carbocycles. The fourth-order valence-electron chi connectivity index (χ4n) is 2.71. The third-order valence-corrected chi connectivity index (χ3v) is 4.21. The van der Waals surface area contributed by atoms with Gasteiger partial charge < -0.3 is 20.1 Å². The highest BCUT2D eigenvalue weighted by atomic mass is 16.5. The minimum absolute atomic E-state index is 0.151. The minimum atomic E-state index is -0.608. The molecule has 132 valence electrons. The van der Waals surface area contributed by atoms with E-state index in [9.17, 15) is 9.59 Å². The summed E-state index contributed by atoms with van der Waals surface area (Å²) in [6, 6.07) is 7.26. The van der Waals surface area contributed by atoms with Gasteiger partial charge in [-0.15, -0.1) is 0 Å². The lowest BCUT2D eigenvalue weighted by atomic mass is 9.96. The van der Waals surface area contributed by atoms with Gasteiger partial charge in [0.05, 0.1) is 19.8 Å². The molecule has 6 nitrogen and oxygen atoms in total. The molecule has 24 heavy (non-hydrogen) atoms. The summed E-state index contributed by atoms with van der Waals surface area (Å²) in [5.74, 6) is -0.00351. The van der Waals surface area contributed by atoms with Crippen LogP contribution in [0.5, 0.6) is 5.75 Å². The van der Waals surface area contributed by atoms with E-state index in [0.717, 1.165) is 24.3 Å². The summed E-state index contributed by atoms with van der Waals surface area (Å²) in [4.78, 5) is 24.2. The standard InChI is InChI=1S/C18H26N2O4/c1-12(2)16(14-4-6-15(23-3)7-5-14)20-18(22)17(21)19-10-13-8-9-24-11-13/h4-7,12-13,16H,8-11H2,1-3H3,(H,19,21)(H,20,22)/t13-,16+/m1/s1. The Hall–Kier alpha value is -2.08. The zero-order valence-electron chi connectivity index (χ0n) is 14.5. The van der Waals surface area contributed by atoms with Crippen molar-refractivity contribution in [2.45, 2.75) is 26.3 Å². The number of nitrogens with one attached hydrogen (secondary N) is 2. The van der Waals surface area contributed by atoms with Crippen LogP contribution in [0.2, 0.25) is 0 Å². The lowest BCUT2D eigenvalue weighted by Crippen LogP contribution is -2.44. The first-order valence-electron chi connectivity index (χ1n) is 8.31. The molecule has 2 amide bonds. The molecular weight excluding hydrogens is 308 g/mol. The highest BCUT2D eigenvalue weighted by Crippen LogP contribution is 2.23. The van der Waals surface area contributed by atoms with E-state index >= 15 is 0 Å². The molecule has 0 unspecified atom stereocenters. The molecule has 1 aliphatic heterocycles. The zero-order valence-corrected chi connectivity index (χ0v) is 14.5. The van der Waals surface area contributed by atoms with E-state index in [2.05, 4.69) is 10.6 Å². The van der Waals surface area contributed by atoms with Gasteiger partial charge in [0.15, 0.2) is 0 Å². The molecule has 1 heterocycles. The predicted octanol–water partition coefficient (Wildman–Crippen LogP) is 1.66. The van der Waals surface area contributed by atoms with Gasteiger partial charge in [-0.1, -0.05) is 26.0 Å². The molecule has 1 saturated heterocycles. The molecule has 0 spiro atoms. The molecule has 1 aliphatic rings. The van der Waals surface area contributed by atoms with E-state index in [-0.39, 0.29) is 12.0 Å². The SMILES string of the molecule is COc1ccc([C@@H](NC(=O)C(=O)NC[C@H]2CCOC2)C(C)C)cc1. The van der Waals surface area contributed by atoms with Crippen LogP contribution in [0.15, 0.2) is 24.3 Å². The first-order valence-corrected chi connectivity index (χ1v) is 8.31. The molecule has 0 bridgehead atoms. The molecule has 0 aliphatic carbocycles. The number of hydrogen-bond acceptors (Lipinski definition) is 4. The smallest absolute Gasteiger partial charge is 0.309 e. The van der Waals surface area contributed by atoms with Crippen LogP contribution in [0.1, 0.15) is 31.9 Å². The Balaban J connectivity index is 1.92. The molecule has 2 rings (SSSR count). The van der Waals surface area contributed by atoms with Gasteiger partial charge in [-0.05, 0) is 30.0 Å². The Labute approximate surface area is 142 Å². The van der Waals surface area contributed by atoms with Gasteiger partial charge >= 0.3 is 11.8 Å². The summed E-state index contributed by atoms with van der Waals surface area (Å²) in [7, 11) is 1.61. The van der Waals surface area contributed by atoms with E-state index in [4.69, 9.17) is 9.47 Å². The molecule has 0 radical (unpaired) electrons. The van der Waals surface area contributed by atoms with Crippen LogP contribution in [0.3, 0.4) is 0 Å². The molecule has 2 N–H and O–H groups in total. The van der Waals surface area contributed by atoms with Gasteiger partial charge in [0.25, 0.3) is 0 Å². The predicted molar refractivity (Wildman–Crippen MR) is 90.7 cm³/mol. The van der Waals surface area contributed by atoms with Gasteiger partial charge in [-0.3, -0.25) is 9.59 Å². The molecular formula is C18H26N2O4. The summed E-state index contributed by atoms with van der Waals surface area (Å²) in [5, 5.41) is 5.51. The summed E-state index contributed by atoms with van der Waals surface area (Å²) in [6.45, 7) is 5.84. The number of carbonyl (C=O) groups is 2. The second-order valence-electron chi connectivity index (χ2n) is 6.41. The van der Waals surface area contributed by atoms with Gasteiger partial charge in [0, 0.05) is 19.1 Å². The van der Waals surface area contributed by atoms with Crippen LogP contribution in [0.4, 0.5) is 0 Å². The average Bonchev–Trinajstić information content (AvgIpc) is 3.10. The summed E-state index contributed by atoms with van der Waals surface area (Å²) < 4.78 is 10.4. The van der Waals surface area contributed by atoms with Crippen molar-refractivity contribution in [1.82, 2.24) is 10.6 Å². The van der Waals surface area contributed by atoms with Gasteiger partial charge in [-0.2, -0.15) is 0 Å². The number of methoxy groups -OCH3 is 1. The van der Waals surface area contributed by atoms with E-state index in [1.165, 1.54) is 0 Å². The van der Waals surface area contributed by atoms with Crippen molar-refractivity contribution >= 4 is 11.8 Å². The van der Waals surface area contributed by atoms with Crippen LogP contribution in [-0.2, 0) is 14.3 Å². The fourth-order valence-corrected chi connectivity index (χ4v) is 2.71. The molecule has 0 aromatic heterocycles. The van der Waals surface area contributed by atoms with Crippen molar-refractivity contribution in [3.05, 3.63) is 29.8 Å². The normalized spacial score (nSPS) is 18.2. The van der Waals surface area contributed by atoms with Crippen LogP contribution in [0, 0.1) is 11.8 Å². The number of benzene rings is 1. The van der Waals surface area contributed by atoms with Gasteiger partial charge in [-0.25, -0.2) is 0 Å². The second-order valence-corrected chi connectivity index (χ2v) is 6.41. The second kappa shape index (κ2) is 8.68. The number of carbonyl (C=O) groups excluding carboxylic acids is 2. The van der Waals surface area contributed by atoms with Crippen LogP contribution in [0.25, 0.3) is 0 Å². The van der Waals surface area contributed by atoms with Crippen LogP contribution >= 0.6 is 0 Å². The molecule has 0 saturated carbocycles. The highest BCUT2D eigenvalue weighted by Gasteiger charge is 2.24. The maximum Gasteiger partial charge on any atom is 0.309 e. The van der Waals surface area contributed by atoms with Gasteiger partial charge in [0.1, 0.15) is 5.75 Å². The van der Waals surface area contributed by atoms with E-state index < -0.39 is 11.8 Å². The summed E-state index contributed by atoms with van der Waals surface area (Å²) >= 11 is 0. The average molecular weight is 334 g/mol. The largest absolute Gasteiger partial charge is 0.497 e. The van der Waals surface area contributed by atoms with Crippen molar-refractivity contribution < 1.29 is 19.1 Å². The Morgan fingerprint density at radius 3 is 2.50 bits per heavy atom. The Kier molecular flexibility index (Phi) is 6.61. The highest BCUT2D eigenvalue weighted by molar-refractivity contribution is 6.35. The first kappa shape index (κ1) is 18.3. The number of rotatable bonds is 6. The third kappa shape index (κ3) is 4.96. The van der Waals surface area contributed by atoms with Crippen molar-refractivity contribution in [2.24, 2.45) is 11.8 Å². The summed E-state index contributed by atoms with van der Waals surface area (Å²) in [6.07, 6.45) is 0.919. The maximum atomic E-state index is 12.2. The van der Waals surface area contributed by atoms with Crippen LogP contribution < -0.4 is 15.4 Å². The van der Waals surface area contributed by atoms with Crippen molar-refractivity contribution in [3.63, 3.8) is 0 Å². The number of hydrogen-bond donors (Lipinski definition) is 2. The van der Waals surface area contributed by atoms with E-state index in [0.29, 0.717) is 19.1 Å². The lowest BCUT2D eigenvalue weighted by Gasteiger charge is -2.23. The maximum absolute atomic E-state index is 12.2. The van der Waals surface area contributed by atoms with Gasteiger partial charge in [0.2, 0.25) is 0 Å². The van der Waals surface area contributed by atoms with Crippen molar-refractivity contribution in [2.75, 3.05) is 26.9 Å². The van der Waals surface area contributed by atoms with Crippen molar-refractivity contribution in [3.8, 4) is 5.75 Å². The number of amides is 2. The van der Waals surface area contributed by atoms with E-state index in [1.807, 2.05) is 38.1 Å². The summed E-state index contributed by atoms with van der Waals surface area (Å²) in [5.41, 5.74) is 0.941. The van der Waals surface area contributed by atoms with Crippen molar-refractivity contribution in [1.29, 1.82) is 0 Å². The van der Waals surface area contributed by atoms with E-state index in [1.54, 1.807) is 7.11 Å². The first-order chi connectivity index (χ1) is 11.5. The van der Waals surface area contributed by atoms with Crippen LogP contribution in [-0.4, -0.2) is 38.7 Å². The Bertz CT molecular complexity index is 551. The number of ether oxygens (including phenoxy) is 2. The Morgan fingerprint density at radius 1 is 1.25 bits per heavy atom. The minimum Gasteiger partial charge on any atom is -0.497 e. The topological polar surface area (TPSA) is 76.7 Å². The Morgan fingerprint density at radius 2 is 1.96 bits per heavy atom. The monoisotopic (exact) mass is 334 g/mol. The molecule has 1 aromatic rings. The fraction of sp³-hybridized carbons (Fsp3) is 0.556. The molecule has 1 fully saturated rings. The lowest BCUT2D eigenvalue weighted by molar-refractivity contribution is -0.140. The quantitative estimate of drug-likeness (QED) is 0.776. The zero-order chi connectivity index (χ0) is 17.5. The third-order valence-electron chi connectivity index (χ3n) is 4.21. The molecule has 6 heteroatoms.